The van der Waals surface area contributed by atoms with Crippen molar-refractivity contribution in [1.29, 1.82) is 0 Å². The van der Waals surface area contributed by atoms with E-state index in [0.29, 0.717) is 5.92 Å². The van der Waals surface area contributed by atoms with Crippen LogP contribution in [0.2, 0.25) is 0 Å². The molecule has 2 aromatic carbocycles. The van der Waals surface area contributed by atoms with Crippen LogP contribution in [-0.2, 0) is 41.8 Å². The Morgan fingerprint density at radius 2 is 1.72 bits per heavy atom. The quantitative estimate of drug-likeness (QED) is 0.0411. The Labute approximate surface area is 471 Å². The summed E-state index contributed by atoms with van der Waals surface area (Å²) in [5, 5.41) is 12.3. The monoisotopic (exact) mass is 1190 g/mol. The van der Waals surface area contributed by atoms with Gasteiger partial charge in [-0.2, -0.15) is 5.70 Å². The zero-order valence-corrected chi connectivity index (χ0v) is 51.5. The maximum Gasteiger partial charge on any atom is 0.0560 e. The molecule has 3 saturated heterocycles. The molecule has 1 saturated carbocycles. The number of aryl methyl sites for hydroxylation is 2. The number of anilines is 1. The molecule has 4 aliphatic rings. The van der Waals surface area contributed by atoms with Crippen molar-refractivity contribution in [1.82, 2.24) is 34.5 Å². The summed E-state index contributed by atoms with van der Waals surface area (Å²) in [5.41, 5.74) is 17.9. The molecule has 74 heavy (non-hydrogen) atoms. The molecule has 3 aliphatic heterocycles. The molecule has 5 heterocycles. The molecule has 2 aromatic heterocycles. The number of benzene rings is 2. The number of hydrazine groups is 1. The molecule has 0 amide bonds. The van der Waals surface area contributed by atoms with Crippen molar-refractivity contribution in [3.05, 3.63) is 140 Å². The maximum absolute atomic E-state index is 5.37. The van der Waals surface area contributed by atoms with Gasteiger partial charge in [0, 0.05) is 104 Å². The van der Waals surface area contributed by atoms with Gasteiger partial charge in [-0.3, -0.25) is 15.3 Å². The third-order valence-electron chi connectivity index (χ3n) is 15.8. The largest absolute Gasteiger partial charge is 0.682 e. The van der Waals surface area contributed by atoms with Gasteiger partial charge in [-0.05, 0) is 136 Å². The number of thiol groups is 1. The minimum Gasteiger partial charge on any atom is -0.682 e. The summed E-state index contributed by atoms with van der Waals surface area (Å²) in [6.45, 7) is 46.3. The number of allylic oxidation sites excluding steroid dienone is 1. The van der Waals surface area contributed by atoms with Crippen molar-refractivity contribution in [3.63, 3.8) is 0 Å². The number of hydrogen-bond acceptors (Lipinski definition) is 8. The Balaban J connectivity index is 0.00000104. The summed E-state index contributed by atoms with van der Waals surface area (Å²) in [4.78, 5) is 10.6. The second-order valence-electron chi connectivity index (χ2n) is 22.6. The average Bonchev–Trinajstić information content (AvgIpc) is 4.06. The third kappa shape index (κ3) is 15.8. The van der Waals surface area contributed by atoms with E-state index in [1.165, 1.54) is 93.6 Å². The normalized spacial score (nSPS) is 18.9. The van der Waals surface area contributed by atoms with E-state index < -0.39 is 0 Å². The van der Waals surface area contributed by atoms with Crippen LogP contribution in [-0.4, -0.2) is 94.8 Å². The van der Waals surface area contributed by atoms with E-state index in [2.05, 4.69) is 193 Å². The molecule has 3 unspecified atom stereocenters. The number of pyridine rings is 1. The van der Waals surface area contributed by atoms with Gasteiger partial charge >= 0.3 is 0 Å². The molecule has 8 rings (SSSR count). The molecule has 405 valence electrons. The predicted octanol–water partition coefficient (Wildman–Crippen LogP) is 14.1. The number of hydrogen-bond donors (Lipinski definition) is 3. The maximum atomic E-state index is 5.37. The Morgan fingerprint density at radius 1 is 0.973 bits per heavy atom. The molecule has 4 fully saturated rings. The molecule has 9 nitrogen and oxygen atoms in total. The fraction of sp³-hybridized carbons (Fsp3) is 0.540. The molecule has 0 spiro atoms. The molecule has 0 bridgehead atoms. The molecule has 11 heteroatoms. The molecule has 4 aromatic rings. The van der Waals surface area contributed by atoms with Crippen molar-refractivity contribution in [3.8, 4) is 22.4 Å². The molecule has 1 radical (unpaired) electrons. The SMILES string of the molecule is C=CCCC(C)(C)Cc1c(-c2cc(N3CCN(C4CC4)CC3)cnc2C(C)CC)n(CC)c2ccc(-c3cc(C)cc(CC(C=C)NC(=C)[C@@H]([N-]C(=C)C4[CH-]N(S)CC4)C(C)C)c3)cc12.CN1CCCCN1.[CH3-].[Ta]. The smallest absolute Gasteiger partial charge is 0.0560 e. The second kappa shape index (κ2) is 28.2. The first kappa shape index (κ1) is 61.3. The summed E-state index contributed by atoms with van der Waals surface area (Å²) in [6, 6.07) is 17.5. The van der Waals surface area contributed by atoms with Gasteiger partial charge in [-0.25, -0.2) is 11.6 Å². The van der Waals surface area contributed by atoms with E-state index in [0.717, 1.165) is 102 Å². The van der Waals surface area contributed by atoms with Crippen LogP contribution in [0.15, 0.2) is 98.5 Å². The van der Waals surface area contributed by atoms with E-state index in [1.54, 1.807) is 0 Å². The van der Waals surface area contributed by atoms with E-state index in [4.69, 9.17) is 10.3 Å². The number of aromatic nitrogens is 2. The Morgan fingerprint density at radius 3 is 2.30 bits per heavy atom. The number of piperazine rings is 1. The first-order valence-corrected chi connectivity index (χ1v) is 28.0. The Kier molecular flexibility index (Phi) is 23.3. The van der Waals surface area contributed by atoms with Crippen molar-refractivity contribution in [2.75, 3.05) is 57.8 Å². The molecular formula is C63H94N9STa-3. The van der Waals surface area contributed by atoms with Gasteiger partial charge in [0.15, 0.2) is 0 Å². The van der Waals surface area contributed by atoms with Crippen LogP contribution in [0.3, 0.4) is 0 Å². The van der Waals surface area contributed by atoms with Crippen LogP contribution in [0.1, 0.15) is 128 Å². The van der Waals surface area contributed by atoms with Crippen molar-refractivity contribution in [2.24, 2.45) is 17.3 Å². The van der Waals surface area contributed by atoms with Crippen molar-refractivity contribution in [2.45, 2.75) is 150 Å². The van der Waals surface area contributed by atoms with Crippen molar-refractivity contribution >= 4 is 29.4 Å². The van der Waals surface area contributed by atoms with Gasteiger partial charge in [-0.15, -0.1) is 38.5 Å². The van der Waals surface area contributed by atoms with Crippen LogP contribution in [0, 0.1) is 38.1 Å². The third-order valence-corrected chi connectivity index (χ3v) is 16.1. The van der Waals surface area contributed by atoms with Crippen LogP contribution in [0.4, 0.5) is 5.69 Å². The zero-order valence-electron chi connectivity index (χ0n) is 47.4. The molecule has 2 N–H and O–H groups in total. The first-order valence-electron chi connectivity index (χ1n) is 27.6. The van der Waals surface area contributed by atoms with Gasteiger partial charge in [0.05, 0.1) is 23.3 Å². The van der Waals surface area contributed by atoms with Gasteiger partial charge in [0.1, 0.15) is 0 Å². The number of nitrogens with one attached hydrogen (secondary N) is 2. The summed E-state index contributed by atoms with van der Waals surface area (Å²) in [5.74, 6) is 0.812. The Hall–Kier alpha value is -3.58. The van der Waals surface area contributed by atoms with E-state index in [-0.39, 0.29) is 59.1 Å². The van der Waals surface area contributed by atoms with E-state index >= 15 is 0 Å². The van der Waals surface area contributed by atoms with Crippen LogP contribution in [0.25, 0.3) is 38.6 Å². The predicted molar refractivity (Wildman–Crippen MR) is 319 cm³/mol. The van der Waals surface area contributed by atoms with Gasteiger partial charge in [0.25, 0.3) is 0 Å². The molecular weight excluding hydrogens is 1100 g/mol. The minimum absolute atomic E-state index is 0. The Bertz CT molecular complexity index is 2470. The minimum atomic E-state index is -0.0921. The van der Waals surface area contributed by atoms with E-state index in [1.807, 2.05) is 10.4 Å². The van der Waals surface area contributed by atoms with Gasteiger partial charge < -0.3 is 31.8 Å². The fourth-order valence-corrected chi connectivity index (χ4v) is 11.5. The zero-order chi connectivity index (χ0) is 51.7. The van der Waals surface area contributed by atoms with Crippen LogP contribution in [0.5, 0.6) is 0 Å². The first-order chi connectivity index (χ1) is 34.5. The van der Waals surface area contributed by atoms with Gasteiger partial charge in [-0.1, -0.05) is 108 Å². The molecule has 1 aliphatic carbocycles. The number of rotatable bonds is 22. The fourth-order valence-electron chi connectivity index (χ4n) is 11.2. The van der Waals surface area contributed by atoms with Crippen LogP contribution >= 0.6 is 12.8 Å². The van der Waals surface area contributed by atoms with E-state index in [9.17, 15) is 0 Å². The summed E-state index contributed by atoms with van der Waals surface area (Å²) < 4.78 is 4.53. The second-order valence-corrected chi connectivity index (χ2v) is 23.2. The topological polar surface area (TPSA) is 68.9 Å². The summed E-state index contributed by atoms with van der Waals surface area (Å²) in [7, 11) is 2.08. The van der Waals surface area contributed by atoms with Crippen molar-refractivity contribution < 1.29 is 22.4 Å². The number of fused-ring (bicyclic) bond motifs is 1. The molecule has 4 atom stereocenters. The number of nitrogens with zero attached hydrogens (tertiary/aromatic N) is 7. The van der Waals surface area contributed by atoms with Gasteiger partial charge in [0.2, 0.25) is 0 Å². The summed E-state index contributed by atoms with van der Waals surface area (Å²) >= 11 is 4.51. The standard InChI is InChI=1S/C57H79N7S.C5H12N2.CH3.Ta/c1-13-17-23-57(11,12)35-52-50-33-44(46-30-39(7)29-43(31-46)32-47(15-3)59-42(10)54(38(5)6)60-41(9)45-22-24-63(65)37-45)18-21-53(50)64(16-4)56(52)51-34-49(36-58-55(51)40(8)14-2)62-27-25-61(26-28-62)48-19-20-48;1-7-5-3-2-4-6-7;;/h13,15,18,21,29-31,33-34,36-38,40,45,47-48,54,59,65H,1,3,9-10,14,16-17,19-20,22-28,32,35H2,2,4-8,11-12H3;6H,2-5H2,1H3;1H3;/q-2;;-1;/t40?,45?,47?,54-;;;/m0.../s1. The van der Waals surface area contributed by atoms with Crippen LogP contribution < -0.4 is 15.6 Å². The summed E-state index contributed by atoms with van der Waals surface area (Å²) in [6.07, 6.45) is 17.5. The average molecular weight is 1190 g/mol.